The first-order chi connectivity index (χ1) is 11.6. The molecular weight excluding hydrogens is 337 g/mol. The summed E-state index contributed by atoms with van der Waals surface area (Å²) in [5.74, 6) is 1.03. The third kappa shape index (κ3) is 7.55. The first-order valence-corrected chi connectivity index (χ1v) is 10.0. The van der Waals surface area contributed by atoms with Crippen molar-refractivity contribution in [2.75, 3.05) is 25.4 Å². The van der Waals surface area contributed by atoms with Gasteiger partial charge in [-0.05, 0) is 45.4 Å². The summed E-state index contributed by atoms with van der Waals surface area (Å²) >= 11 is 0. The van der Waals surface area contributed by atoms with Crippen LogP contribution in [0.1, 0.15) is 47.1 Å². The van der Waals surface area contributed by atoms with E-state index in [2.05, 4.69) is 15.6 Å². The number of nitrogens with zero attached hydrogens (tertiary/aromatic N) is 1. The number of hydrogen-bond acceptors (Lipinski definition) is 2. The second kappa shape index (κ2) is 9.32. The molecule has 6 heteroatoms. The summed E-state index contributed by atoms with van der Waals surface area (Å²) in [6.45, 7) is 13.9. The lowest BCUT2D eigenvalue weighted by Gasteiger charge is -2.24. The van der Waals surface area contributed by atoms with Crippen molar-refractivity contribution in [1.29, 1.82) is 0 Å². The second-order valence-electron chi connectivity index (χ2n) is 7.68. The quantitative estimate of drug-likeness (QED) is 0.573. The SMILES string of the molecule is CCNC(=NCC(C)(C)c1cccc(F)c1)NCCS(=O)C(C)(C)C. The summed E-state index contributed by atoms with van der Waals surface area (Å²) < 4.78 is 25.4. The van der Waals surface area contributed by atoms with E-state index < -0.39 is 10.8 Å². The van der Waals surface area contributed by atoms with Gasteiger partial charge in [-0.3, -0.25) is 9.20 Å². The summed E-state index contributed by atoms with van der Waals surface area (Å²) in [4.78, 5) is 4.62. The average Bonchev–Trinajstić information content (AvgIpc) is 2.51. The van der Waals surface area contributed by atoms with E-state index in [0.717, 1.165) is 12.1 Å². The molecule has 0 saturated heterocycles. The van der Waals surface area contributed by atoms with Crippen molar-refractivity contribution >= 4 is 16.8 Å². The summed E-state index contributed by atoms with van der Waals surface area (Å²) in [5.41, 5.74) is 0.638. The van der Waals surface area contributed by atoms with Crippen LogP contribution in [0, 0.1) is 5.82 Å². The van der Waals surface area contributed by atoms with Crippen LogP contribution in [0.3, 0.4) is 0 Å². The largest absolute Gasteiger partial charge is 0.357 e. The fourth-order valence-electron chi connectivity index (χ4n) is 2.19. The fraction of sp³-hybridized carbons (Fsp3) is 0.632. The summed E-state index contributed by atoms with van der Waals surface area (Å²) in [5, 5.41) is 6.43. The van der Waals surface area contributed by atoms with Crippen LogP contribution in [0.4, 0.5) is 4.39 Å². The average molecular weight is 370 g/mol. The van der Waals surface area contributed by atoms with Gasteiger partial charge in [0.2, 0.25) is 0 Å². The molecule has 0 aliphatic carbocycles. The van der Waals surface area contributed by atoms with Gasteiger partial charge in [-0.25, -0.2) is 4.39 Å². The molecule has 0 heterocycles. The van der Waals surface area contributed by atoms with E-state index in [9.17, 15) is 8.60 Å². The van der Waals surface area contributed by atoms with E-state index in [-0.39, 0.29) is 16.0 Å². The minimum atomic E-state index is -0.898. The van der Waals surface area contributed by atoms with Gasteiger partial charge in [0.1, 0.15) is 5.82 Å². The van der Waals surface area contributed by atoms with Crippen LogP contribution in [0.5, 0.6) is 0 Å². The van der Waals surface area contributed by atoms with Crippen LogP contribution in [0.2, 0.25) is 0 Å². The minimum absolute atomic E-state index is 0.212. The van der Waals surface area contributed by atoms with Crippen molar-refractivity contribution in [1.82, 2.24) is 10.6 Å². The Morgan fingerprint density at radius 2 is 1.88 bits per heavy atom. The van der Waals surface area contributed by atoms with Crippen LogP contribution in [0.15, 0.2) is 29.3 Å². The zero-order valence-electron chi connectivity index (χ0n) is 16.3. The molecule has 25 heavy (non-hydrogen) atoms. The number of benzene rings is 1. The highest BCUT2D eigenvalue weighted by molar-refractivity contribution is 7.86. The number of aliphatic imine (C=N–C) groups is 1. The lowest BCUT2D eigenvalue weighted by atomic mass is 9.85. The van der Waals surface area contributed by atoms with E-state index in [4.69, 9.17) is 0 Å². The Morgan fingerprint density at radius 1 is 1.20 bits per heavy atom. The van der Waals surface area contributed by atoms with Crippen molar-refractivity contribution in [3.63, 3.8) is 0 Å². The van der Waals surface area contributed by atoms with Gasteiger partial charge in [0.25, 0.3) is 0 Å². The number of nitrogens with one attached hydrogen (secondary N) is 2. The van der Waals surface area contributed by atoms with Crippen LogP contribution >= 0.6 is 0 Å². The molecule has 142 valence electrons. The minimum Gasteiger partial charge on any atom is -0.357 e. The van der Waals surface area contributed by atoms with Gasteiger partial charge >= 0.3 is 0 Å². The van der Waals surface area contributed by atoms with E-state index in [1.807, 2.05) is 47.6 Å². The molecule has 1 atom stereocenters. The van der Waals surface area contributed by atoms with Gasteiger partial charge in [0.05, 0.1) is 6.54 Å². The van der Waals surface area contributed by atoms with Gasteiger partial charge in [-0.2, -0.15) is 0 Å². The topological polar surface area (TPSA) is 53.5 Å². The van der Waals surface area contributed by atoms with Crippen LogP contribution in [0.25, 0.3) is 0 Å². The molecule has 0 radical (unpaired) electrons. The molecule has 0 aromatic heterocycles. The molecule has 0 spiro atoms. The van der Waals surface area contributed by atoms with Crippen LogP contribution < -0.4 is 10.6 Å². The Labute approximate surface area is 154 Å². The Hall–Kier alpha value is -1.43. The number of halogens is 1. The molecule has 1 aromatic carbocycles. The predicted molar refractivity (Wildman–Crippen MR) is 106 cm³/mol. The van der Waals surface area contributed by atoms with Gasteiger partial charge in [-0.15, -0.1) is 0 Å². The Kier molecular flexibility index (Phi) is 8.06. The highest BCUT2D eigenvalue weighted by atomic mass is 32.2. The summed E-state index contributed by atoms with van der Waals surface area (Å²) in [6.07, 6.45) is 0. The van der Waals surface area contributed by atoms with Crippen molar-refractivity contribution in [2.45, 2.75) is 51.7 Å². The standard InChI is InChI=1S/C19H32FN3OS/c1-7-21-17(22-11-12-25(24)18(2,3)4)23-14-19(5,6)15-9-8-10-16(20)13-15/h8-10,13H,7,11-12,14H2,1-6H3,(H2,21,22,23). The number of hydrogen-bond donors (Lipinski definition) is 2. The summed E-state index contributed by atoms with van der Waals surface area (Å²) in [7, 11) is -0.898. The molecule has 0 amide bonds. The Bertz CT molecular complexity index is 609. The molecule has 4 nitrogen and oxygen atoms in total. The molecule has 0 fully saturated rings. The third-order valence-corrected chi connectivity index (χ3v) is 5.79. The second-order valence-corrected chi connectivity index (χ2v) is 10.0. The lowest BCUT2D eigenvalue weighted by Crippen LogP contribution is -2.41. The van der Waals surface area contributed by atoms with Crippen LogP contribution in [-0.2, 0) is 16.2 Å². The van der Waals surface area contributed by atoms with E-state index in [1.165, 1.54) is 6.07 Å². The van der Waals surface area contributed by atoms with Gasteiger partial charge in [0, 0.05) is 39.8 Å². The smallest absolute Gasteiger partial charge is 0.191 e. The van der Waals surface area contributed by atoms with Crippen LogP contribution in [-0.4, -0.2) is 40.3 Å². The lowest BCUT2D eigenvalue weighted by molar-refractivity contribution is 0.529. The molecule has 0 bridgehead atoms. The van der Waals surface area contributed by atoms with Crippen molar-refractivity contribution in [2.24, 2.45) is 4.99 Å². The fourth-order valence-corrected chi connectivity index (χ4v) is 3.09. The monoisotopic (exact) mass is 369 g/mol. The highest BCUT2D eigenvalue weighted by Gasteiger charge is 2.21. The third-order valence-electron chi connectivity index (χ3n) is 3.85. The first-order valence-electron chi connectivity index (χ1n) is 8.73. The zero-order valence-corrected chi connectivity index (χ0v) is 17.1. The van der Waals surface area contributed by atoms with Crippen molar-refractivity contribution < 1.29 is 8.60 Å². The molecule has 0 aliphatic rings. The molecule has 1 unspecified atom stereocenters. The maximum absolute atomic E-state index is 13.5. The van der Waals surface area contributed by atoms with Gasteiger partial charge in [-0.1, -0.05) is 26.0 Å². The Morgan fingerprint density at radius 3 is 2.44 bits per heavy atom. The highest BCUT2D eigenvalue weighted by Crippen LogP contribution is 2.24. The molecule has 0 saturated carbocycles. The van der Waals surface area contributed by atoms with E-state index in [0.29, 0.717) is 24.8 Å². The Balaban J connectivity index is 2.70. The van der Waals surface area contributed by atoms with E-state index >= 15 is 0 Å². The number of guanidine groups is 1. The normalized spacial score (nSPS) is 14.3. The van der Waals surface area contributed by atoms with Crippen molar-refractivity contribution in [3.05, 3.63) is 35.6 Å². The molecule has 0 aliphatic heterocycles. The molecular formula is C19H32FN3OS. The predicted octanol–water partition coefficient (Wildman–Crippen LogP) is 3.21. The maximum atomic E-state index is 13.5. The molecule has 1 rings (SSSR count). The zero-order chi connectivity index (χ0) is 19.1. The van der Waals surface area contributed by atoms with Crippen molar-refractivity contribution in [3.8, 4) is 0 Å². The molecule has 2 N–H and O–H groups in total. The van der Waals surface area contributed by atoms with E-state index in [1.54, 1.807) is 12.1 Å². The summed E-state index contributed by atoms with van der Waals surface area (Å²) in [6, 6.07) is 6.65. The van der Waals surface area contributed by atoms with Gasteiger partial charge < -0.3 is 10.6 Å². The number of rotatable bonds is 7. The first kappa shape index (κ1) is 21.6. The maximum Gasteiger partial charge on any atom is 0.191 e. The molecule has 1 aromatic rings. The van der Waals surface area contributed by atoms with Gasteiger partial charge in [0.15, 0.2) is 5.96 Å².